The highest BCUT2D eigenvalue weighted by atomic mass is 35.5. The molecule has 1 aliphatic carbocycles. The molecule has 0 bridgehead atoms. The van der Waals surface area contributed by atoms with E-state index in [1.54, 1.807) is 12.1 Å². The third kappa shape index (κ3) is 3.19. The molecule has 21 heavy (non-hydrogen) atoms. The van der Waals surface area contributed by atoms with E-state index in [-0.39, 0.29) is 11.9 Å². The summed E-state index contributed by atoms with van der Waals surface area (Å²) in [5.41, 5.74) is 1.29. The molecule has 0 aromatic heterocycles. The summed E-state index contributed by atoms with van der Waals surface area (Å²) >= 11 is 6.08. The molecule has 1 atom stereocenters. The van der Waals surface area contributed by atoms with Crippen LogP contribution in [0.5, 0.6) is 0 Å². The molecule has 1 saturated carbocycles. The van der Waals surface area contributed by atoms with Gasteiger partial charge in [-0.1, -0.05) is 11.6 Å². The molecule has 5 nitrogen and oxygen atoms in total. The molecule has 2 aliphatic rings. The predicted molar refractivity (Wildman–Crippen MR) is 80.0 cm³/mol. The minimum Gasteiger partial charge on any atom is -0.377 e. The Hall–Kier alpha value is -1.59. The van der Waals surface area contributed by atoms with E-state index in [2.05, 4.69) is 5.32 Å². The SMILES string of the molecule is O=Cc1ccc(N2CCOCC2C(=O)NC2CC2)cc1Cl. The Morgan fingerprint density at radius 3 is 2.90 bits per heavy atom. The summed E-state index contributed by atoms with van der Waals surface area (Å²) < 4.78 is 5.44. The van der Waals surface area contributed by atoms with Gasteiger partial charge >= 0.3 is 0 Å². The number of ether oxygens (including phenoxy) is 1. The zero-order valence-corrected chi connectivity index (χ0v) is 12.3. The van der Waals surface area contributed by atoms with E-state index in [1.165, 1.54) is 0 Å². The Labute approximate surface area is 128 Å². The highest BCUT2D eigenvalue weighted by Gasteiger charge is 2.33. The van der Waals surface area contributed by atoms with Gasteiger partial charge in [-0.15, -0.1) is 0 Å². The zero-order valence-electron chi connectivity index (χ0n) is 11.5. The molecule has 0 radical (unpaired) electrons. The second-order valence-electron chi connectivity index (χ2n) is 5.39. The molecule has 1 unspecified atom stereocenters. The van der Waals surface area contributed by atoms with Gasteiger partial charge in [-0.3, -0.25) is 9.59 Å². The van der Waals surface area contributed by atoms with Crippen molar-refractivity contribution in [2.75, 3.05) is 24.7 Å². The molecule has 6 heteroatoms. The van der Waals surface area contributed by atoms with Crippen molar-refractivity contribution >= 4 is 29.5 Å². The lowest BCUT2D eigenvalue weighted by molar-refractivity contribution is -0.124. The third-order valence-corrected chi connectivity index (χ3v) is 4.12. The van der Waals surface area contributed by atoms with Crippen molar-refractivity contribution in [3.63, 3.8) is 0 Å². The number of aldehydes is 1. The fourth-order valence-corrected chi connectivity index (χ4v) is 2.66. The Balaban J connectivity index is 1.80. The highest BCUT2D eigenvalue weighted by molar-refractivity contribution is 6.33. The van der Waals surface area contributed by atoms with E-state index in [9.17, 15) is 9.59 Å². The first-order valence-electron chi connectivity index (χ1n) is 7.08. The van der Waals surface area contributed by atoms with Crippen molar-refractivity contribution in [3.05, 3.63) is 28.8 Å². The van der Waals surface area contributed by atoms with Crippen LogP contribution in [0.15, 0.2) is 18.2 Å². The Bertz CT molecular complexity index is 560. The second-order valence-corrected chi connectivity index (χ2v) is 5.80. The predicted octanol–water partition coefficient (Wildman–Crippen LogP) is 1.64. The number of nitrogens with one attached hydrogen (secondary N) is 1. The molecule has 112 valence electrons. The van der Waals surface area contributed by atoms with Gasteiger partial charge in [0.05, 0.1) is 18.2 Å². The first kappa shape index (κ1) is 14.4. The van der Waals surface area contributed by atoms with E-state index in [4.69, 9.17) is 16.3 Å². The van der Waals surface area contributed by atoms with E-state index in [1.807, 2.05) is 11.0 Å². The standard InChI is InChI=1S/C15H17ClN2O3/c16-13-7-12(4-1-10(13)8-19)18-5-6-21-9-14(18)15(20)17-11-2-3-11/h1,4,7-8,11,14H,2-3,5-6,9H2,(H,17,20). The number of morpholine rings is 1. The summed E-state index contributed by atoms with van der Waals surface area (Å²) in [5.74, 6) is -0.00668. The van der Waals surface area contributed by atoms with E-state index >= 15 is 0 Å². The van der Waals surface area contributed by atoms with Crippen LogP contribution in [-0.2, 0) is 9.53 Å². The topological polar surface area (TPSA) is 58.6 Å². The molecule has 1 amide bonds. The van der Waals surface area contributed by atoms with Crippen molar-refractivity contribution in [2.45, 2.75) is 24.9 Å². The van der Waals surface area contributed by atoms with Gasteiger partial charge in [0.2, 0.25) is 5.91 Å². The van der Waals surface area contributed by atoms with Crippen molar-refractivity contribution in [1.82, 2.24) is 5.32 Å². The number of hydrogen-bond acceptors (Lipinski definition) is 4. The maximum Gasteiger partial charge on any atom is 0.245 e. The summed E-state index contributed by atoms with van der Waals surface area (Å²) in [6, 6.07) is 5.20. The summed E-state index contributed by atoms with van der Waals surface area (Å²) in [5, 5.41) is 3.41. The lowest BCUT2D eigenvalue weighted by Crippen LogP contribution is -2.54. The number of amides is 1. The smallest absolute Gasteiger partial charge is 0.245 e. The third-order valence-electron chi connectivity index (χ3n) is 3.80. The molecule has 1 N–H and O–H groups in total. The first-order valence-corrected chi connectivity index (χ1v) is 7.46. The second kappa shape index (κ2) is 6.03. The molecule has 0 spiro atoms. The van der Waals surface area contributed by atoms with Gasteiger partial charge in [-0.05, 0) is 31.0 Å². The Morgan fingerprint density at radius 1 is 1.43 bits per heavy atom. The lowest BCUT2D eigenvalue weighted by atomic mass is 10.1. The number of benzene rings is 1. The minimum absolute atomic E-state index is 0.00668. The molecule has 1 heterocycles. The monoisotopic (exact) mass is 308 g/mol. The van der Waals surface area contributed by atoms with Crippen LogP contribution in [0, 0.1) is 0 Å². The largest absolute Gasteiger partial charge is 0.377 e. The van der Waals surface area contributed by atoms with Crippen molar-refractivity contribution in [1.29, 1.82) is 0 Å². The quantitative estimate of drug-likeness (QED) is 0.859. The molecular weight excluding hydrogens is 292 g/mol. The number of halogens is 1. The summed E-state index contributed by atoms with van der Waals surface area (Å²) in [6.07, 6.45) is 2.83. The van der Waals surface area contributed by atoms with E-state index in [0.29, 0.717) is 36.4 Å². The number of anilines is 1. The van der Waals surface area contributed by atoms with Crippen LogP contribution < -0.4 is 10.2 Å². The average molecular weight is 309 g/mol. The van der Waals surface area contributed by atoms with Crippen LogP contribution in [0.3, 0.4) is 0 Å². The Kier molecular flexibility index (Phi) is 4.12. The average Bonchev–Trinajstić information content (AvgIpc) is 3.31. The van der Waals surface area contributed by atoms with E-state index in [0.717, 1.165) is 24.8 Å². The van der Waals surface area contributed by atoms with Gasteiger partial charge < -0.3 is 15.0 Å². The number of carbonyl (C=O) groups excluding carboxylic acids is 2. The van der Waals surface area contributed by atoms with Crippen molar-refractivity contribution in [2.24, 2.45) is 0 Å². The molecular formula is C15H17ClN2O3. The van der Waals surface area contributed by atoms with Crippen LogP contribution in [0.2, 0.25) is 5.02 Å². The fourth-order valence-electron chi connectivity index (χ4n) is 2.45. The Morgan fingerprint density at radius 2 is 2.24 bits per heavy atom. The summed E-state index contributed by atoms with van der Waals surface area (Å²) in [6.45, 7) is 1.56. The fraction of sp³-hybridized carbons (Fsp3) is 0.467. The molecule has 3 rings (SSSR count). The zero-order chi connectivity index (χ0) is 14.8. The maximum atomic E-state index is 12.3. The van der Waals surface area contributed by atoms with Crippen LogP contribution >= 0.6 is 11.6 Å². The minimum atomic E-state index is -0.350. The van der Waals surface area contributed by atoms with Crippen molar-refractivity contribution < 1.29 is 14.3 Å². The number of hydrogen-bond donors (Lipinski definition) is 1. The van der Waals surface area contributed by atoms with Gasteiger partial charge in [0.25, 0.3) is 0 Å². The van der Waals surface area contributed by atoms with E-state index < -0.39 is 0 Å². The van der Waals surface area contributed by atoms with Gasteiger partial charge in [0.1, 0.15) is 6.04 Å². The molecule has 1 aliphatic heterocycles. The normalized spacial score (nSPS) is 22.0. The summed E-state index contributed by atoms with van der Waals surface area (Å²) in [7, 11) is 0. The van der Waals surface area contributed by atoms with Crippen LogP contribution in [-0.4, -0.2) is 44.0 Å². The summed E-state index contributed by atoms with van der Waals surface area (Å²) in [4.78, 5) is 25.1. The number of rotatable bonds is 4. The molecule has 1 aromatic rings. The molecule has 1 saturated heterocycles. The number of nitrogens with zero attached hydrogens (tertiary/aromatic N) is 1. The number of carbonyl (C=O) groups is 2. The molecule has 1 aromatic carbocycles. The van der Waals surface area contributed by atoms with Gasteiger partial charge in [-0.2, -0.15) is 0 Å². The highest BCUT2D eigenvalue weighted by Crippen LogP contribution is 2.26. The van der Waals surface area contributed by atoms with Gasteiger partial charge in [0, 0.05) is 23.8 Å². The first-order chi connectivity index (χ1) is 10.2. The van der Waals surface area contributed by atoms with Crippen LogP contribution in [0.1, 0.15) is 23.2 Å². The van der Waals surface area contributed by atoms with Gasteiger partial charge in [-0.25, -0.2) is 0 Å². The van der Waals surface area contributed by atoms with Crippen LogP contribution in [0.4, 0.5) is 5.69 Å². The lowest BCUT2D eigenvalue weighted by Gasteiger charge is -2.36. The van der Waals surface area contributed by atoms with Gasteiger partial charge in [0.15, 0.2) is 6.29 Å². The molecule has 2 fully saturated rings. The van der Waals surface area contributed by atoms with Crippen molar-refractivity contribution in [3.8, 4) is 0 Å². The maximum absolute atomic E-state index is 12.3. The van der Waals surface area contributed by atoms with Crippen LogP contribution in [0.25, 0.3) is 0 Å².